The van der Waals surface area contributed by atoms with Gasteiger partial charge in [0.05, 0.1) is 14.2 Å². The molecule has 0 aliphatic heterocycles. The lowest BCUT2D eigenvalue weighted by atomic mass is 9.42. The molecule has 0 saturated heterocycles. The summed E-state index contributed by atoms with van der Waals surface area (Å²) in [5, 5.41) is 0. The van der Waals surface area contributed by atoms with Crippen LogP contribution in [0.3, 0.4) is 0 Å². The average molecular weight is 475 g/mol. The van der Waals surface area contributed by atoms with Gasteiger partial charge in [0.2, 0.25) is 0 Å². The van der Waals surface area contributed by atoms with E-state index in [2.05, 4.69) is 20.8 Å². The Bertz CT molecular complexity index is 834. The second-order valence-electron chi connectivity index (χ2n) is 12.0. The summed E-state index contributed by atoms with van der Waals surface area (Å²) in [6.07, 6.45) is 8.35. The molecule has 0 N–H and O–H groups in total. The number of hydrogen-bond donors (Lipinski definition) is 0. The second kappa shape index (κ2) is 9.39. The fourth-order valence-electron chi connectivity index (χ4n) is 9.01. The van der Waals surface area contributed by atoms with Gasteiger partial charge in [-0.05, 0) is 85.9 Å². The van der Waals surface area contributed by atoms with Gasteiger partial charge in [-0.25, -0.2) is 0 Å². The Morgan fingerprint density at radius 1 is 0.941 bits per heavy atom. The predicted octanol–water partition coefficient (Wildman–Crippen LogP) is 4.77. The van der Waals surface area contributed by atoms with Crippen LogP contribution >= 0.6 is 0 Å². The minimum Gasteiger partial charge on any atom is -0.468 e. The summed E-state index contributed by atoms with van der Waals surface area (Å²) in [7, 11) is 2.61. The molecule has 0 aromatic rings. The molecule has 4 saturated carbocycles. The molecule has 190 valence electrons. The van der Waals surface area contributed by atoms with Crippen LogP contribution in [0, 0.1) is 52.3 Å². The molecular formula is C28H42O6. The molecule has 0 aromatic heterocycles. The first-order valence-corrected chi connectivity index (χ1v) is 13.3. The van der Waals surface area contributed by atoms with Gasteiger partial charge in [-0.3, -0.25) is 19.2 Å². The smallest absolute Gasteiger partial charge is 0.320 e. The summed E-state index contributed by atoms with van der Waals surface area (Å²) in [5.74, 6) is 0.191. The zero-order valence-electron chi connectivity index (χ0n) is 21.6. The molecule has 4 rings (SSSR count). The van der Waals surface area contributed by atoms with E-state index in [-0.39, 0.29) is 28.6 Å². The van der Waals surface area contributed by atoms with Crippen LogP contribution in [-0.4, -0.2) is 37.7 Å². The number of fused-ring (bicyclic) bond motifs is 5. The SMILES string of the molecule is CC[C@@H]1C(=O)C2C3CCC(CCC(C(=O)OC)C(=O)OC)C3(C)CCC2C2(C)CCC(=O)CC12. The van der Waals surface area contributed by atoms with Crippen LogP contribution in [0.15, 0.2) is 0 Å². The number of ether oxygens (including phenoxy) is 2. The van der Waals surface area contributed by atoms with Crippen LogP contribution in [0.5, 0.6) is 0 Å². The molecule has 6 nitrogen and oxygen atoms in total. The van der Waals surface area contributed by atoms with Gasteiger partial charge in [0.1, 0.15) is 11.6 Å². The van der Waals surface area contributed by atoms with Crippen molar-refractivity contribution in [3.05, 3.63) is 0 Å². The summed E-state index contributed by atoms with van der Waals surface area (Å²) < 4.78 is 9.70. The molecule has 0 bridgehead atoms. The maximum atomic E-state index is 14.0. The van der Waals surface area contributed by atoms with Crippen molar-refractivity contribution in [2.75, 3.05) is 14.2 Å². The number of carbonyl (C=O) groups excluding carboxylic acids is 4. The zero-order chi connectivity index (χ0) is 24.8. The van der Waals surface area contributed by atoms with Crippen molar-refractivity contribution in [3.8, 4) is 0 Å². The lowest BCUT2D eigenvalue weighted by molar-refractivity contribution is -0.169. The van der Waals surface area contributed by atoms with Crippen molar-refractivity contribution in [1.29, 1.82) is 0 Å². The Balaban J connectivity index is 1.56. The molecule has 7 unspecified atom stereocenters. The van der Waals surface area contributed by atoms with E-state index in [1.165, 1.54) is 14.2 Å². The summed E-state index contributed by atoms with van der Waals surface area (Å²) in [4.78, 5) is 50.7. The molecule has 0 heterocycles. The summed E-state index contributed by atoms with van der Waals surface area (Å²) in [5.41, 5.74) is 0.118. The molecule has 0 spiro atoms. The van der Waals surface area contributed by atoms with Crippen LogP contribution in [0.4, 0.5) is 0 Å². The van der Waals surface area contributed by atoms with E-state index in [0.29, 0.717) is 48.6 Å². The fourth-order valence-corrected chi connectivity index (χ4v) is 9.01. The molecule has 4 aliphatic rings. The van der Waals surface area contributed by atoms with Crippen LogP contribution in [-0.2, 0) is 28.7 Å². The fraction of sp³-hybridized carbons (Fsp3) is 0.857. The molecule has 34 heavy (non-hydrogen) atoms. The van der Waals surface area contributed by atoms with Gasteiger partial charge in [-0.2, -0.15) is 0 Å². The van der Waals surface area contributed by atoms with E-state index in [4.69, 9.17) is 9.47 Å². The average Bonchev–Trinajstić information content (AvgIpc) is 3.16. The largest absolute Gasteiger partial charge is 0.468 e. The van der Waals surface area contributed by atoms with Gasteiger partial charge in [0.15, 0.2) is 5.92 Å². The highest BCUT2D eigenvalue weighted by Crippen LogP contribution is 2.68. The Labute approximate surface area is 203 Å². The second-order valence-corrected chi connectivity index (χ2v) is 12.0. The maximum absolute atomic E-state index is 14.0. The minimum absolute atomic E-state index is 0.0000654. The van der Waals surface area contributed by atoms with Crippen molar-refractivity contribution in [2.24, 2.45) is 52.3 Å². The highest BCUT2D eigenvalue weighted by molar-refractivity contribution is 5.94. The van der Waals surface area contributed by atoms with E-state index in [9.17, 15) is 19.2 Å². The van der Waals surface area contributed by atoms with Gasteiger partial charge >= 0.3 is 11.9 Å². The predicted molar refractivity (Wildman–Crippen MR) is 127 cm³/mol. The number of hydrogen-bond acceptors (Lipinski definition) is 6. The number of ketones is 2. The molecule has 0 amide bonds. The van der Waals surface area contributed by atoms with Crippen LogP contribution in [0.2, 0.25) is 0 Å². The van der Waals surface area contributed by atoms with E-state index < -0.39 is 17.9 Å². The third kappa shape index (κ3) is 3.83. The van der Waals surface area contributed by atoms with Crippen molar-refractivity contribution >= 4 is 23.5 Å². The first kappa shape index (κ1) is 25.4. The maximum Gasteiger partial charge on any atom is 0.320 e. The molecule has 4 fully saturated rings. The monoisotopic (exact) mass is 474 g/mol. The van der Waals surface area contributed by atoms with Gasteiger partial charge in [-0.1, -0.05) is 20.8 Å². The summed E-state index contributed by atoms with van der Waals surface area (Å²) in [6, 6.07) is 0. The lowest BCUT2D eigenvalue weighted by Gasteiger charge is -2.61. The van der Waals surface area contributed by atoms with Gasteiger partial charge in [0.25, 0.3) is 0 Å². The third-order valence-corrected chi connectivity index (χ3v) is 10.9. The molecule has 6 heteroatoms. The number of rotatable bonds is 6. The van der Waals surface area contributed by atoms with Gasteiger partial charge in [-0.15, -0.1) is 0 Å². The Kier molecular flexibility index (Phi) is 7.00. The van der Waals surface area contributed by atoms with E-state index in [0.717, 1.165) is 44.9 Å². The zero-order valence-corrected chi connectivity index (χ0v) is 21.6. The number of carbonyl (C=O) groups is 4. The molecular weight excluding hydrogens is 432 g/mol. The number of esters is 2. The number of Topliss-reactive ketones (excluding diaryl/α,β-unsaturated/α-hetero) is 2. The van der Waals surface area contributed by atoms with Crippen LogP contribution in [0.25, 0.3) is 0 Å². The highest BCUT2D eigenvalue weighted by Gasteiger charge is 2.64. The Morgan fingerprint density at radius 2 is 1.59 bits per heavy atom. The molecule has 8 atom stereocenters. The highest BCUT2D eigenvalue weighted by atomic mass is 16.5. The normalized spacial score (nSPS) is 41.5. The molecule has 4 aliphatic carbocycles. The summed E-state index contributed by atoms with van der Waals surface area (Å²) in [6.45, 7) is 6.84. The molecule has 0 aromatic carbocycles. The van der Waals surface area contributed by atoms with Crippen LogP contribution in [0.1, 0.15) is 85.0 Å². The lowest BCUT2D eigenvalue weighted by Crippen LogP contribution is -2.60. The van der Waals surface area contributed by atoms with Gasteiger partial charge in [0, 0.05) is 24.7 Å². The topological polar surface area (TPSA) is 86.7 Å². The van der Waals surface area contributed by atoms with E-state index in [1.807, 2.05) is 0 Å². The van der Waals surface area contributed by atoms with Crippen LogP contribution < -0.4 is 0 Å². The quantitative estimate of drug-likeness (QED) is 0.407. The molecule has 0 radical (unpaired) electrons. The minimum atomic E-state index is -0.880. The number of methoxy groups -OCH3 is 2. The van der Waals surface area contributed by atoms with Crippen molar-refractivity contribution in [3.63, 3.8) is 0 Å². The third-order valence-electron chi connectivity index (χ3n) is 10.9. The van der Waals surface area contributed by atoms with Crippen molar-refractivity contribution in [1.82, 2.24) is 0 Å². The van der Waals surface area contributed by atoms with Gasteiger partial charge < -0.3 is 9.47 Å². The Morgan fingerprint density at radius 3 is 2.21 bits per heavy atom. The van der Waals surface area contributed by atoms with Crippen molar-refractivity contribution in [2.45, 2.75) is 85.0 Å². The first-order chi connectivity index (χ1) is 16.1. The van der Waals surface area contributed by atoms with E-state index >= 15 is 0 Å². The standard InChI is InChI=1S/C28H42O6/c1-6-18-22-15-17(29)11-13-28(22,3)21-12-14-27(2)16(8-10-20(27)23(21)24(18)30)7-9-19(25(31)33-4)26(32)34-5/h16,18-23H,6-15H2,1-5H3/t16?,18-,20?,21?,22?,23?,27?,28?/m0/s1. The summed E-state index contributed by atoms with van der Waals surface area (Å²) >= 11 is 0. The first-order valence-electron chi connectivity index (χ1n) is 13.3. The Hall–Kier alpha value is -1.72. The van der Waals surface area contributed by atoms with E-state index in [1.54, 1.807) is 0 Å². The van der Waals surface area contributed by atoms with Crippen molar-refractivity contribution < 1.29 is 28.7 Å².